The summed E-state index contributed by atoms with van der Waals surface area (Å²) >= 11 is 0. The maximum Gasteiger partial charge on any atom is 0.325 e. The zero-order valence-electron chi connectivity index (χ0n) is 15.7. The third-order valence-corrected chi connectivity index (χ3v) is 4.79. The molecule has 0 bridgehead atoms. The molecule has 3 amide bonds. The van der Waals surface area contributed by atoms with Gasteiger partial charge in [-0.2, -0.15) is 0 Å². The van der Waals surface area contributed by atoms with Crippen molar-refractivity contribution in [2.24, 2.45) is 0 Å². The van der Waals surface area contributed by atoms with E-state index in [1.807, 2.05) is 50.2 Å². The molecule has 1 aliphatic heterocycles. The molecule has 0 spiro atoms. The number of benzene rings is 2. The Morgan fingerprint density at radius 2 is 1.85 bits per heavy atom. The Bertz CT molecular complexity index is 853. The van der Waals surface area contributed by atoms with Gasteiger partial charge >= 0.3 is 6.03 Å². The number of aliphatic hydroxyl groups is 1. The maximum absolute atomic E-state index is 12.8. The standard InChI is InChI=1S/C21H24N2O4/c1-14-9-10-15(2)18(11-14)27-13-17(24)12-23-19(25)21(3,22-20(23)26)16-7-5-4-6-8-16/h4-11,17,24H,12-13H2,1-3H3,(H,22,26). The summed E-state index contributed by atoms with van der Waals surface area (Å²) in [4.78, 5) is 26.2. The van der Waals surface area contributed by atoms with Gasteiger partial charge in [-0.05, 0) is 43.5 Å². The minimum absolute atomic E-state index is 0.0105. The second kappa shape index (κ2) is 7.40. The maximum atomic E-state index is 12.8. The van der Waals surface area contributed by atoms with E-state index in [0.717, 1.165) is 16.0 Å². The first-order valence-electron chi connectivity index (χ1n) is 8.89. The number of hydrogen-bond donors (Lipinski definition) is 2. The summed E-state index contributed by atoms with van der Waals surface area (Å²) in [7, 11) is 0. The second-order valence-corrected chi connectivity index (χ2v) is 7.07. The van der Waals surface area contributed by atoms with E-state index in [9.17, 15) is 14.7 Å². The summed E-state index contributed by atoms with van der Waals surface area (Å²) in [5.74, 6) is 0.296. The fourth-order valence-electron chi connectivity index (χ4n) is 3.14. The molecule has 27 heavy (non-hydrogen) atoms. The molecule has 6 heteroatoms. The highest BCUT2D eigenvalue weighted by Crippen LogP contribution is 2.28. The van der Waals surface area contributed by atoms with Crippen LogP contribution in [0, 0.1) is 13.8 Å². The van der Waals surface area contributed by atoms with Crippen molar-refractivity contribution in [1.82, 2.24) is 10.2 Å². The molecule has 6 nitrogen and oxygen atoms in total. The molecule has 3 rings (SSSR count). The Labute approximate surface area is 158 Å². The Morgan fingerprint density at radius 3 is 2.56 bits per heavy atom. The predicted octanol–water partition coefficient (Wildman–Crippen LogP) is 2.51. The van der Waals surface area contributed by atoms with E-state index in [-0.39, 0.29) is 19.1 Å². The van der Waals surface area contributed by atoms with Crippen LogP contribution < -0.4 is 10.1 Å². The van der Waals surface area contributed by atoms with Gasteiger partial charge in [0.1, 0.15) is 24.0 Å². The van der Waals surface area contributed by atoms with E-state index in [1.165, 1.54) is 0 Å². The van der Waals surface area contributed by atoms with Crippen LogP contribution in [0.5, 0.6) is 5.75 Å². The highest BCUT2D eigenvalue weighted by molar-refractivity contribution is 6.07. The Morgan fingerprint density at radius 1 is 1.15 bits per heavy atom. The molecule has 2 aromatic carbocycles. The van der Waals surface area contributed by atoms with Crippen LogP contribution in [0.3, 0.4) is 0 Å². The van der Waals surface area contributed by atoms with Gasteiger partial charge < -0.3 is 15.2 Å². The minimum Gasteiger partial charge on any atom is -0.491 e. The van der Waals surface area contributed by atoms with Crippen LogP contribution in [0.4, 0.5) is 4.79 Å². The van der Waals surface area contributed by atoms with Gasteiger partial charge in [0, 0.05) is 0 Å². The average molecular weight is 368 g/mol. The quantitative estimate of drug-likeness (QED) is 0.768. The molecule has 0 aromatic heterocycles. The van der Waals surface area contributed by atoms with Gasteiger partial charge in [-0.15, -0.1) is 0 Å². The van der Waals surface area contributed by atoms with Crippen molar-refractivity contribution in [1.29, 1.82) is 0 Å². The van der Waals surface area contributed by atoms with Crippen LogP contribution in [0.15, 0.2) is 48.5 Å². The number of imide groups is 1. The fourth-order valence-corrected chi connectivity index (χ4v) is 3.14. The lowest BCUT2D eigenvalue weighted by molar-refractivity contribution is -0.132. The lowest BCUT2D eigenvalue weighted by Gasteiger charge is -2.23. The number of nitrogens with zero attached hydrogens (tertiary/aromatic N) is 1. The predicted molar refractivity (Wildman–Crippen MR) is 101 cm³/mol. The van der Waals surface area contributed by atoms with Gasteiger partial charge in [-0.3, -0.25) is 9.69 Å². The first-order valence-corrected chi connectivity index (χ1v) is 8.89. The number of ether oxygens (including phenoxy) is 1. The average Bonchev–Trinajstić information content (AvgIpc) is 2.87. The van der Waals surface area contributed by atoms with Crippen LogP contribution >= 0.6 is 0 Å². The smallest absolute Gasteiger partial charge is 0.325 e. The molecule has 2 N–H and O–H groups in total. The van der Waals surface area contributed by atoms with Crippen LogP contribution in [0.1, 0.15) is 23.6 Å². The first-order chi connectivity index (χ1) is 12.8. The van der Waals surface area contributed by atoms with Crippen molar-refractivity contribution >= 4 is 11.9 Å². The number of β-amino-alcohol motifs (C(OH)–C–C–N with tert-alkyl or cyclic N) is 1. The molecule has 2 unspecified atom stereocenters. The second-order valence-electron chi connectivity index (χ2n) is 7.07. The Hall–Kier alpha value is -2.86. The number of hydrogen-bond acceptors (Lipinski definition) is 4. The Balaban J connectivity index is 1.66. The van der Waals surface area contributed by atoms with Crippen molar-refractivity contribution in [2.75, 3.05) is 13.2 Å². The van der Waals surface area contributed by atoms with Gasteiger partial charge in [0.2, 0.25) is 0 Å². The number of nitrogens with one attached hydrogen (secondary N) is 1. The highest BCUT2D eigenvalue weighted by atomic mass is 16.5. The number of amides is 3. The molecule has 1 aliphatic rings. The molecule has 0 saturated carbocycles. The molecule has 1 saturated heterocycles. The topological polar surface area (TPSA) is 78.9 Å². The van der Waals surface area contributed by atoms with Crippen molar-refractivity contribution < 1.29 is 19.4 Å². The normalized spacial score (nSPS) is 20.5. The van der Waals surface area contributed by atoms with E-state index < -0.39 is 17.7 Å². The number of aliphatic hydroxyl groups excluding tert-OH is 1. The van der Waals surface area contributed by atoms with Crippen molar-refractivity contribution in [2.45, 2.75) is 32.4 Å². The van der Waals surface area contributed by atoms with Crippen molar-refractivity contribution in [3.05, 3.63) is 65.2 Å². The summed E-state index contributed by atoms with van der Waals surface area (Å²) in [6.45, 7) is 5.41. The summed E-state index contributed by atoms with van der Waals surface area (Å²) < 4.78 is 5.68. The molecule has 1 heterocycles. The van der Waals surface area contributed by atoms with Gasteiger partial charge in [0.25, 0.3) is 5.91 Å². The summed E-state index contributed by atoms with van der Waals surface area (Å²) in [6.07, 6.45) is -0.988. The monoisotopic (exact) mass is 368 g/mol. The number of rotatable bonds is 6. The number of carbonyl (C=O) groups is 2. The Kier molecular flexibility index (Phi) is 5.19. The van der Waals surface area contributed by atoms with E-state index in [2.05, 4.69) is 5.32 Å². The first kappa shape index (κ1) is 18.9. The third-order valence-electron chi connectivity index (χ3n) is 4.79. The molecule has 0 aliphatic carbocycles. The third kappa shape index (κ3) is 3.80. The van der Waals surface area contributed by atoms with Crippen LogP contribution in [0.25, 0.3) is 0 Å². The molecule has 0 radical (unpaired) electrons. The van der Waals surface area contributed by atoms with Crippen molar-refractivity contribution in [3.63, 3.8) is 0 Å². The number of aryl methyl sites for hydroxylation is 2. The molecule has 1 fully saturated rings. The largest absolute Gasteiger partial charge is 0.491 e. The fraction of sp³-hybridized carbons (Fsp3) is 0.333. The van der Waals surface area contributed by atoms with Crippen LogP contribution in [0.2, 0.25) is 0 Å². The van der Waals surface area contributed by atoms with E-state index in [4.69, 9.17) is 4.74 Å². The van der Waals surface area contributed by atoms with E-state index >= 15 is 0 Å². The van der Waals surface area contributed by atoms with Gasteiger partial charge in [0.05, 0.1) is 6.54 Å². The van der Waals surface area contributed by atoms with Gasteiger partial charge in [0.15, 0.2) is 0 Å². The highest BCUT2D eigenvalue weighted by Gasteiger charge is 2.49. The summed E-state index contributed by atoms with van der Waals surface area (Å²) in [5.41, 5.74) is 1.58. The molecule has 142 valence electrons. The lowest BCUT2D eigenvalue weighted by atomic mass is 9.92. The number of carbonyl (C=O) groups excluding carboxylic acids is 2. The van der Waals surface area contributed by atoms with Gasteiger partial charge in [-0.25, -0.2) is 4.79 Å². The van der Waals surface area contributed by atoms with Crippen LogP contribution in [-0.2, 0) is 10.3 Å². The summed E-state index contributed by atoms with van der Waals surface area (Å²) in [5, 5.41) is 13.0. The van der Waals surface area contributed by atoms with Gasteiger partial charge in [-0.1, -0.05) is 42.5 Å². The SMILES string of the molecule is Cc1ccc(C)c(OCC(O)CN2C(=O)NC(C)(c3ccccc3)C2=O)c1. The molecular formula is C21H24N2O4. The zero-order valence-corrected chi connectivity index (χ0v) is 15.7. The van der Waals surface area contributed by atoms with E-state index in [0.29, 0.717) is 11.3 Å². The molecular weight excluding hydrogens is 344 g/mol. The summed E-state index contributed by atoms with van der Waals surface area (Å²) in [6, 6.07) is 14.4. The van der Waals surface area contributed by atoms with E-state index in [1.54, 1.807) is 19.1 Å². The number of urea groups is 1. The molecule has 2 aromatic rings. The lowest BCUT2D eigenvalue weighted by Crippen LogP contribution is -2.42. The zero-order chi connectivity index (χ0) is 19.6. The minimum atomic E-state index is -1.13. The van der Waals surface area contributed by atoms with Crippen molar-refractivity contribution in [3.8, 4) is 5.75 Å². The van der Waals surface area contributed by atoms with Crippen LogP contribution in [-0.4, -0.2) is 41.2 Å². The molecule has 2 atom stereocenters.